The minimum absolute atomic E-state index is 0.100. The van der Waals surface area contributed by atoms with Crippen LogP contribution in [0.2, 0.25) is 0 Å². The average Bonchev–Trinajstić information content (AvgIpc) is 3.12. The molecule has 0 spiro atoms. The highest BCUT2D eigenvalue weighted by atomic mass is 16.6. The van der Waals surface area contributed by atoms with Gasteiger partial charge in [0.25, 0.3) is 0 Å². The number of carbonyl (C=O) groups excluding carboxylic acids is 2. The molecule has 1 aromatic heterocycles. The second-order valence-corrected chi connectivity index (χ2v) is 10.4. The maximum atomic E-state index is 13.0. The number of nitrogens with one attached hydrogen (secondary N) is 1. The van der Waals surface area contributed by atoms with Crippen LogP contribution in [0.1, 0.15) is 51.0 Å². The van der Waals surface area contributed by atoms with Gasteiger partial charge >= 0.3 is 6.09 Å². The number of aromatic nitrogens is 1. The van der Waals surface area contributed by atoms with E-state index in [1.165, 1.54) is 6.20 Å². The number of nitriles is 1. The first-order chi connectivity index (χ1) is 14.8. The van der Waals surface area contributed by atoms with Gasteiger partial charge < -0.3 is 20.7 Å². The average molecular weight is 424 g/mol. The Balaban J connectivity index is 1.21. The summed E-state index contributed by atoms with van der Waals surface area (Å²) < 4.78 is 6.07. The molecule has 5 unspecified atom stereocenters. The Labute approximate surface area is 182 Å². The van der Waals surface area contributed by atoms with Crippen molar-refractivity contribution >= 4 is 17.8 Å². The molecule has 3 N–H and O–H groups in total. The lowest BCUT2D eigenvalue weighted by Gasteiger charge is -2.58. The van der Waals surface area contributed by atoms with Crippen LogP contribution in [0.3, 0.4) is 0 Å². The lowest BCUT2D eigenvalue weighted by Crippen LogP contribution is -2.59. The fourth-order valence-corrected chi connectivity index (χ4v) is 6.72. The Morgan fingerprint density at radius 1 is 1.29 bits per heavy atom. The molecular weight excluding hydrogens is 394 g/mol. The van der Waals surface area contributed by atoms with Gasteiger partial charge in [-0.2, -0.15) is 5.26 Å². The smallest absolute Gasteiger partial charge is 0.410 e. The van der Waals surface area contributed by atoms with Crippen LogP contribution in [-0.2, 0) is 9.53 Å². The van der Waals surface area contributed by atoms with E-state index in [0.717, 1.165) is 38.5 Å². The number of nitrogens with two attached hydrogens (primary N) is 1. The number of hydrogen-bond acceptors (Lipinski definition) is 6. The van der Waals surface area contributed by atoms with Crippen LogP contribution in [0.4, 0.5) is 10.6 Å². The summed E-state index contributed by atoms with van der Waals surface area (Å²) in [5.74, 6) is 1.55. The van der Waals surface area contributed by atoms with Gasteiger partial charge in [0.1, 0.15) is 18.0 Å². The molecule has 2 heterocycles. The van der Waals surface area contributed by atoms with Gasteiger partial charge in [-0.3, -0.25) is 4.79 Å². The van der Waals surface area contributed by atoms with E-state index < -0.39 is 0 Å². The van der Waals surface area contributed by atoms with Gasteiger partial charge in [-0.15, -0.1) is 0 Å². The van der Waals surface area contributed by atoms with E-state index in [1.54, 1.807) is 17.0 Å². The summed E-state index contributed by atoms with van der Waals surface area (Å²) in [6.45, 7) is 3.22. The number of likely N-dealkylation sites (tertiary alicyclic amines) is 1. The molecule has 4 bridgehead atoms. The van der Waals surface area contributed by atoms with E-state index >= 15 is 0 Å². The molecule has 0 aromatic carbocycles. The summed E-state index contributed by atoms with van der Waals surface area (Å²) >= 11 is 0. The van der Waals surface area contributed by atoms with Gasteiger partial charge in [-0.05, 0) is 75.3 Å². The molecule has 4 aliphatic carbocycles. The molecule has 8 nitrogen and oxygen atoms in total. The second kappa shape index (κ2) is 7.11. The molecule has 6 rings (SSSR count). The molecule has 6 atom stereocenters. The van der Waals surface area contributed by atoms with Crippen LogP contribution in [0, 0.1) is 34.5 Å². The standard InChI is InChI=1S/C23H29N5O3/c1-22(27-18-3-2-14(11-24)12-26-18)4-5-28(13-22)21(30)31-19-16-6-15-7-17(19)10-23(8-15,9-16)20(25)29/h2-3,12,15-17,19H,4-10,13H2,1H3,(H2,25,29)(H,26,27)/t15?,16-,17?,19?,22?,23?/m0/s1. The lowest BCUT2D eigenvalue weighted by molar-refractivity contribution is -0.161. The Kier molecular flexibility index (Phi) is 4.61. The van der Waals surface area contributed by atoms with E-state index in [4.69, 9.17) is 15.7 Å². The number of carbonyl (C=O) groups is 2. The summed E-state index contributed by atoms with van der Waals surface area (Å²) in [6, 6.07) is 5.58. The van der Waals surface area contributed by atoms with E-state index in [2.05, 4.69) is 23.3 Å². The molecule has 4 saturated carbocycles. The molecule has 164 valence electrons. The third kappa shape index (κ3) is 3.50. The van der Waals surface area contributed by atoms with Crippen LogP contribution in [-0.4, -0.2) is 46.6 Å². The summed E-state index contributed by atoms with van der Waals surface area (Å²) in [5.41, 5.74) is 5.60. The van der Waals surface area contributed by atoms with E-state index in [0.29, 0.717) is 30.4 Å². The highest BCUT2D eigenvalue weighted by Crippen LogP contribution is 2.60. The third-order valence-corrected chi connectivity index (χ3v) is 8.00. The first-order valence-corrected chi connectivity index (χ1v) is 11.2. The van der Waals surface area contributed by atoms with E-state index in [9.17, 15) is 9.59 Å². The van der Waals surface area contributed by atoms with Crippen molar-refractivity contribution in [2.24, 2.45) is 28.9 Å². The highest BCUT2D eigenvalue weighted by molar-refractivity contribution is 5.81. The summed E-state index contributed by atoms with van der Waals surface area (Å²) in [7, 11) is 0. The van der Waals surface area contributed by atoms with Crippen molar-refractivity contribution in [1.82, 2.24) is 9.88 Å². The van der Waals surface area contributed by atoms with Gasteiger partial charge in [0.05, 0.1) is 16.5 Å². The molecule has 0 radical (unpaired) electrons. The molecule has 5 fully saturated rings. The molecule has 1 saturated heterocycles. The van der Waals surface area contributed by atoms with E-state index in [1.807, 2.05) is 0 Å². The van der Waals surface area contributed by atoms with Gasteiger partial charge in [0.2, 0.25) is 5.91 Å². The molecular formula is C23H29N5O3. The number of nitrogens with zero attached hydrogens (tertiary/aromatic N) is 3. The Hall–Kier alpha value is -2.82. The van der Waals surface area contributed by atoms with Crippen molar-refractivity contribution < 1.29 is 14.3 Å². The van der Waals surface area contributed by atoms with Crippen LogP contribution in [0.5, 0.6) is 0 Å². The second-order valence-electron chi connectivity index (χ2n) is 10.4. The molecule has 2 amide bonds. The first-order valence-electron chi connectivity index (χ1n) is 11.2. The number of ether oxygens (including phenoxy) is 1. The number of primary amides is 1. The van der Waals surface area contributed by atoms with Crippen molar-refractivity contribution in [2.45, 2.75) is 57.1 Å². The number of hydrogen-bond donors (Lipinski definition) is 2. The van der Waals surface area contributed by atoms with Gasteiger partial charge in [0, 0.05) is 19.3 Å². The Morgan fingerprint density at radius 2 is 2.03 bits per heavy atom. The summed E-state index contributed by atoms with van der Waals surface area (Å²) in [6.07, 6.45) is 6.47. The Morgan fingerprint density at radius 3 is 2.65 bits per heavy atom. The predicted octanol–water partition coefficient (Wildman–Crippen LogP) is 2.65. The fourth-order valence-electron chi connectivity index (χ4n) is 6.72. The third-order valence-electron chi connectivity index (χ3n) is 8.00. The molecule has 1 aliphatic heterocycles. The molecule has 31 heavy (non-hydrogen) atoms. The van der Waals surface area contributed by atoms with E-state index in [-0.39, 0.29) is 40.9 Å². The van der Waals surface area contributed by atoms with Gasteiger partial charge in [-0.1, -0.05) is 0 Å². The van der Waals surface area contributed by atoms with Gasteiger partial charge in [-0.25, -0.2) is 9.78 Å². The van der Waals surface area contributed by atoms with Gasteiger partial charge in [0.15, 0.2) is 0 Å². The lowest BCUT2D eigenvalue weighted by atomic mass is 9.48. The minimum atomic E-state index is -0.371. The number of pyridine rings is 1. The van der Waals surface area contributed by atoms with Crippen molar-refractivity contribution in [2.75, 3.05) is 18.4 Å². The monoisotopic (exact) mass is 423 g/mol. The quantitative estimate of drug-likeness (QED) is 0.768. The maximum Gasteiger partial charge on any atom is 0.410 e. The van der Waals surface area contributed by atoms with Crippen LogP contribution in [0.15, 0.2) is 18.3 Å². The van der Waals surface area contributed by atoms with Crippen molar-refractivity contribution in [3.05, 3.63) is 23.9 Å². The van der Waals surface area contributed by atoms with Crippen LogP contribution < -0.4 is 11.1 Å². The zero-order valence-corrected chi connectivity index (χ0v) is 17.8. The highest BCUT2D eigenvalue weighted by Gasteiger charge is 2.59. The summed E-state index contributed by atoms with van der Waals surface area (Å²) in [4.78, 5) is 31.2. The van der Waals surface area contributed by atoms with Crippen molar-refractivity contribution in [3.63, 3.8) is 0 Å². The fraction of sp³-hybridized carbons (Fsp3) is 0.652. The number of amides is 2. The van der Waals surface area contributed by atoms with Crippen LogP contribution in [0.25, 0.3) is 0 Å². The maximum absolute atomic E-state index is 13.0. The minimum Gasteiger partial charge on any atom is -0.446 e. The predicted molar refractivity (Wildman–Crippen MR) is 113 cm³/mol. The largest absolute Gasteiger partial charge is 0.446 e. The normalized spacial score (nSPS) is 38.0. The number of anilines is 1. The molecule has 1 aromatic rings. The first kappa shape index (κ1) is 20.1. The molecule has 8 heteroatoms. The van der Waals surface area contributed by atoms with Crippen molar-refractivity contribution in [3.8, 4) is 6.07 Å². The zero-order chi connectivity index (χ0) is 21.8. The number of rotatable bonds is 4. The zero-order valence-electron chi connectivity index (χ0n) is 17.8. The topological polar surface area (TPSA) is 121 Å². The van der Waals surface area contributed by atoms with Crippen molar-refractivity contribution in [1.29, 1.82) is 5.26 Å². The summed E-state index contributed by atoms with van der Waals surface area (Å²) in [5, 5.41) is 12.3. The molecule has 5 aliphatic rings. The Bertz CT molecular complexity index is 926. The SMILES string of the molecule is CC1(Nc2ccc(C#N)cn2)CCN(C(=O)OC2C3CC4C[C@H]2CC(C(N)=O)(C4)C3)C1. The van der Waals surface area contributed by atoms with Crippen LogP contribution >= 0.6 is 0 Å².